The second kappa shape index (κ2) is 7.49. The molecule has 1 aliphatic carbocycles. The van der Waals surface area contributed by atoms with Gasteiger partial charge in [-0.1, -0.05) is 56.7 Å². The van der Waals surface area contributed by atoms with Crippen molar-refractivity contribution in [3.63, 3.8) is 0 Å². The Morgan fingerprint density at radius 1 is 1.04 bits per heavy atom. The molecule has 26 heavy (non-hydrogen) atoms. The predicted octanol–water partition coefficient (Wildman–Crippen LogP) is 6.24. The molecule has 0 amide bonds. The Kier molecular flexibility index (Phi) is 5.31. The molecule has 0 heterocycles. The Labute approximate surface area is 156 Å². The molecular formula is C24H28O2. The minimum absolute atomic E-state index is 0.323. The van der Waals surface area contributed by atoms with Crippen molar-refractivity contribution in [1.82, 2.24) is 0 Å². The molecule has 0 aromatic heterocycles. The summed E-state index contributed by atoms with van der Waals surface area (Å²) >= 11 is 0. The van der Waals surface area contributed by atoms with Gasteiger partial charge in [0.15, 0.2) is 0 Å². The van der Waals surface area contributed by atoms with Gasteiger partial charge in [-0.05, 0) is 78.0 Å². The van der Waals surface area contributed by atoms with Crippen molar-refractivity contribution < 1.29 is 9.90 Å². The number of hydrogen-bond acceptors (Lipinski definition) is 1. The maximum atomic E-state index is 11.0. The van der Waals surface area contributed by atoms with Gasteiger partial charge in [0.2, 0.25) is 0 Å². The molecule has 2 aromatic carbocycles. The zero-order chi connectivity index (χ0) is 18.7. The number of benzene rings is 2. The molecular weight excluding hydrogens is 320 g/mol. The average Bonchev–Trinajstić information content (AvgIpc) is 2.81. The van der Waals surface area contributed by atoms with Gasteiger partial charge in [0.1, 0.15) is 0 Å². The van der Waals surface area contributed by atoms with Crippen molar-refractivity contribution in [1.29, 1.82) is 0 Å². The van der Waals surface area contributed by atoms with Gasteiger partial charge in [0.05, 0.1) is 5.56 Å². The molecule has 1 aliphatic rings. The lowest BCUT2D eigenvalue weighted by Crippen LogP contribution is -2.14. The molecule has 0 saturated carbocycles. The quantitative estimate of drug-likeness (QED) is 0.524. The number of carboxylic acids is 1. The number of aryl methyl sites for hydroxylation is 2. The van der Waals surface area contributed by atoms with E-state index in [1.54, 1.807) is 12.1 Å². The fourth-order valence-corrected chi connectivity index (χ4v) is 3.75. The highest BCUT2D eigenvalue weighted by Crippen LogP contribution is 2.37. The van der Waals surface area contributed by atoms with E-state index in [1.807, 2.05) is 12.1 Å². The molecule has 0 spiro atoms. The number of fused-ring (bicyclic) bond motifs is 1. The number of allylic oxidation sites excluding steroid dienone is 1. The van der Waals surface area contributed by atoms with E-state index in [0.717, 1.165) is 12.0 Å². The molecule has 2 heteroatoms. The lowest BCUT2D eigenvalue weighted by molar-refractivity contribution is 0.0697. The van der Waals surface area contributed by atoms with Gasteiger partial charge in [-0.3, -0.25) is 0 Å². The van der Waals surface area contributed by atoms with E-state index >= 15 is 0 Å². The maximum Gasteiger partial charge on any atom is 0.335 e. The number of carbonyl (C=O) groups is 1. The number of aromatic carboxylic acids is 1. The summed E-state index contributed by atoms with van der Waals surface area (Å²) in [5.41, 5.74) is 7.28. The Morgan fingerprint density at radius 3 is 2.27 bits per heavy atom. The van der Waals surface area contributed by atoms with Gasteiger partial charge in [-0.15, -0.1) is 0 Å². The first-order valence-corrected chi connectivity index (χ1v) is 9.54. The number of hydrogen-bond donors (Lipinski definition) is 1. The number of carboxylic acid groups (broad SMARTS) is 1. The average molecular weight is 348 g/mol. The van der Waals surface area contributed by atoms with Crippen molar-refractivity contribution >= 4 is 17.6 Å². The van der Waals surface area contributed by atoms with Crippen LogP contribution >= 0.6 is 0 Å². The molecule has 0 aliphatic heterocycles. The van der Waals surface area contributed by atoms with Gasteiger partial charge in [-0.2, -0.15) is 0 Å². The molecule has 0 bridgehead atoms. The summed E-state index contributed by atoms with van der Waals surface area (Å²) in [6.45, 7) is 6.86. The molecule has 3 rings (SSSR count). The summed E-state index contributed by atoms with van der Waals surface area (Å²) in [5.74, 6) is -0.887. The molecule has 0 saturated heterocycles. The second-order valence-corrected chi connectivity index (χ2v) is 7.90. The highest BCUT2D eigenvalue weighted by atomic mass is 16.4. The van der Waals surface area contributed by atoms with Crippen LogP contribution in [-0.4, -0.2) is 11.1 Å². The Balaban J connectivity index is 1.83. The minimum atomic E-state index is -0.887. The van der Waals surface area contributed by atoms with Gasteiger partial charge in [0.25, 0.3) is 0 Å². The summed E-state index contributed by atoms with van der Waals surface area (Å²) in [6, 6.07) is 13.9. The Morgan fingerprint density at radius 2 is 1.65 bits per heavy atom. The van der Waals surface area contributed by atoms with Crippen LogP contribution in [0.5, 0.6) is 0 Å². The van der Waals surface area contributed by atoms with Crippen molar-refractivity contribution in [2.75, 3.05) is 0 Å². The van der Waals surface area contributed by atoms with Gasteiger partial charge in [0, 0.05) is 0 Å². The summed E-state index contributed by atoms with van der Waals surface area (Å²) in [4.78, 5) is 11.0. The lowest BCUT2D eigenvalue weighted by Gasteiger charge is -2.25. The van der Waals surface area contributed by atoms with Gasteiger partial charge in [-0.25, -0.2) is 4.79 Å². The van der Waals surface area contributed by atoms with E-state index in [9.17, 15) is 4.79 Å². The van der Waals surface area contributed by atoms with Crippen LogP contribution in [0.1, 0.15) is 72.6 Å². The summed E-state index contributed by atoms with van der Waals surface area (Å²) in [7, 11) is 0. The van der Waals surface area contributed by atoms with Crippen molar-refractivity contribution in [3.8, 4) is 0 Å². The van der Waals surface area contributed by atoms with E-state index in [0.29, 0.717) is 11.0 Å². The molecule has 136 valence electrons. The van der Waals surface area contributed by atoms with Crippen LogP contribution in [0.25, 0.3) is 11.6 Å². The van der Waals surface area contributed by atoms with Crippen molar-refractivity contribution in [3.05, 3.63) is 70.3 Å². The minimum Gasteiger partial charge on any atom is -0.478 e. The summed E-state index contributed by atoms with van der Waals surface area (Å²) < 4.78 is 0. The van der Waals surface area contributed by atoms with Crippen LogP contribution in [0, 0.1) is 5.41 Å². The van der Waals surface area contributed by atoms with Crippen LogP contribution < -0.4 is 0 Å². The molecule has 2 aromatic rings. The van der Waals surface area contributed by atoms with Crippen LogP contribution in [0.4, 0.5) is 0 Å². The van der Waals surface area contributed by atoms with E-state index in [-0.39, 0.29) is 0 Å². The third-order valence-electron chi connectivity index (χ3n) is 6.05. The molecule has 1 N–H and O–H groups in total. The van der Waals surface area contributed by atoms with Crippen molar-refractivity contribution in [2.24, 2.45) is 5.41 Å². The third kappa shape index (κ3) is 4.07. The van der Waals surface area contributed by atoms with Crippen molar-refractivity contribution in [2.45, 2.75) is 52.9 Å². The van der Waals surface area contributed by atoms with E-state index in [4.69, 9.17) is 5.11 Å². The monoisotopic (exact) mass is 348 g/mol. The molecule has 1 atom stereocenters. The van der Waals surface area contributed by atoms with E-state index in [1.165, 1.54) is 47.9 Å². The Bertz CT molecular complexity index is 830. The van der Waals surface area contributed by atoms with E-state index < -0.39 is 5.97 Å². The smallest absolute Gasteiger partial charge is 0.335 e. The first kappa shape index (κ1) is 18.4. The predicted molar refractivity (Wildman–Crippen MR) is 108 cm³/mol. The number of rotatable bonds is 4. The fourth-order valence-electron chi connectivity index (χ4n) is 3.75. The van der Waals surface area contributed by atoms with Crippen LogP contribution in [0.15, 0.2) is 42.5 Å². The lowest BCUT2D eigenvalue weighted by atomic mass is 9.80. The fraction of sp³-hybridized carbons (Fsp3) is 0.375. The zero-order valence-electron chi connectivity index (χ0n) is 16.0. The van der Waals surface area contributed by atoms with Crippen LogP contribution in [0.2, 0.25) is 0 Å². The first-order valence-electron chi connectivity index (χ1n) is 9.54. The zero-order valence-corrected chi connectivity index (χ0v) is 16.0. The highest BCUT2D eigenvalue weighted by molar-refractivity contribution is 5.88. The summed E-state index contributed by atoms with van der Waals surface area (Å²) in [6.07, 6.45) is 8.26. The van der Waals surface area contributed by atoms with Gasteiger partial charge >= 0.3 is 5.97 Å². The van der Waals surface area contributed by atoms with Crippen LogP contribution in [0.3, 0.4) is 0 Å². The Hall–Kier alpha value is -2.35. The highest BCUT2D eigenvalue weighted by Gasteiger charge is 2.25. The molecule has 0 fully saturated rings. The SMILES string of the molecule is CCC1(C)CCc2ccc(/C(C)=C/c3ccc(C(=O)O)cc3)cc2CC1. The normalized spacial score (nSPS) is 20.3. The van der Waals surface area contributed by atoms with E-state index in [2.05, 4.69) is 45.0 Å². The maximum absolute atomic E-state index is 11.0. The molecule has 2 nitrogen and oxygen atoms in total. The van der Waals surface area contributed by atoms with Gasteiger partial charge < -0.3 is 5.11 Å². The standard InChI is InChI=1S/C24H28O2/c1-4-24(3)13-11-19-9-10-21(16-22(19)12-14-24)17(2)15-18-5-7-20(8-6-18)23(25)26/h5-10,15-16H,4,11-14H2,1-3H3,(H,25,26)/b17-15+. The first-order chi connectivity index (χ1) is 12.4. The topological polar surface area (TPSA) is 37.3 Å². The third-order valence-corrected chi connectivity index (χ3v) is 6.05. The summed E-state index contributed by atoms with van der Waals surface area (Å²) in [5, 5.41) is 9.01. The largest absolute Gasteiger partial charge is 0.478 e. The van der Waals surface area contributed by atoms with Crippen LogP contribution in [-0.2, 0) is 12.8 Å². The molecule has 1 unspecified atom stereocenters. The second-order valence-electron chi connectivity index (χ2n) is 7.90. The molecule has 0 radical (unpaired) electrons.